The summed E-state index contributed by atoms with van der Waals surface area (Å²) in [5.41, 5.74) is 3.08. The fourth-order valence-corrected chi connectivity index (χ4v) is 1.95. The summed E-state index contributed by atoms with van der Waals surface area (Å²) in [4.78, 5) is 7.37. The molecule has 0 amide bonds. The second-order valence-corrected chi connectivity index (χ2v) is 3.53. The van der Waals surface area contributed by atoms with Crippen LogP contribution in [0.15, 0.2) is 24.5 Å². The van der Waals surface area contributed by atoms with Gasteiger partial charge in [0.2, 0.25) is 0 Å². The van der Waals surface area contributed by atoms with Gasteiger partial charge in [0.05, 0.1) is 18.4 Å². The van der Waals surface area contributed by atoms with E-state index >= 15 is 0 Å². The number of hydrogen-bond acceptors (Lipinski definition) is 4. The molecule has 0 radical (unpaired) electrons. The van der Waals surface area contributed by atoms with Gasteiger partial charge in [0, 0.05) is 18.1 Å². The minimum atomic E-state index is 0.732. The highest BCUT2D eigenvalue weighted by Gasteiger charge is 2.21. The summed E-state index contributed by atoms with van der Waals surface area (Å²) in [6, 6.07) is 3.94. The van der Waals surface area contributed by atoms with E-state index in [1.807, 2.05) is 12.1 Å². The first-order valence-electron chi connectivity index (χ1n) is 5.08. The summed E-state index contributed by atoms with van der Waals surface area (Å²) in [7, 11) is 2.40. The lowest BCUT2D eigenvalue weighted by Gasteiger charge is -2.11. The molecule has 0 fully saturated rings. The van der Waals surface area contributed by atoms with Crippen LogP contribution in [0.5, 0.6) is 5.75 Å². The van der Waals surface area contributed by atoms with Gasteiger partial charge >= 0.3 is 7.55 Å². The maximum absolute atomic E-state index is 5.37. The molecule has 0 aliphatic carbocycles. The summed E-state index contributed by atoms with van der Waals surface area (Å²) in [5, 5.41) is 6.53. The van der Waals surface area contributed by atoms with Crippen molar-refractivity contribution in [3.05, 3.63) is 24.5 Å². The van der Waals surface area contributed by atoms with E-state index in [1.165, 1.54) is 0 Å². The molecule has 3 rings (SSSR count). The predicted molar refractivity (Wildman–Crippen MR) is 65.0 cm³/mol. The summed E-state index contributed by atoms with van der Waals surface area (Å²) in [6.07, 6.45) is 3.53. The summed E-state index contributed by atoms with van der Waals surface area (Å²) < 4.78 is 5.37. The van der Waals surface area contributed by atoms with Crippen molar-refractivity contribution in [1.82, 2.24) is 9.97 Å². The molecule has 1 aliphatic rings. The Morgan fingerprint density at radius 1 is 1.31 bits per heavy atom. The van der Waals surface area contributed by atoms with Crippen LogP contribution < -0.4 is 15.2 Å². The summed E-state index contributed by atoms with van der Waals surface area (Å²) in [5.74, 6) is 1.62. The number of nitrogens with one attached hydrogen (secondary N) is 3. The number of hydrogen-bond donors (Lipinski definition) is 3. The SMILES string of the molecule is COc1ccc2c(c1-c1ncc[nH]1)NBN2. The number of methoxy groups -OCH3 is 1. The monoisotopic (exact) mass is 214 g/mol. The lowest BCUT2D eigenvalue weighted by atomic mass is 10.1. The number of anilines is 2. The van der Waals surface area contributed by atoms with Gasteiger partial charge in [0.15, 0.2) is 0 Å². The Morgan fingerprint density at radius 2 is 2.25 bits per heavy atom. The van der Waals surface area contributed by atoms with Crippen molar-refractivity contribution in [3.63, 3.8) is 0 Å². The Bertz CT molecular complexity index is 512. The molecule has 1 aromatic heterocycles. The predicted octanol–water partition coefficient (Wildman–Crippen LogP) is 1.19. The fraction of sp³-hybridized carbons (Fsp3) is 0.100. The van der Waals surface area contributed by atoms with Crippen molar-refractivity contribution >= 4 is 18.9 Å². The van der Waals surface area contributed by atoms with Crippen molar-refractivity contribution in [1.29, 1.82) is 0 Å². The molecule has 0 bridgehead atoms. The first kappa shape index (κ1) is 9.14. The molecule has 1 aliphatic heterocycles. The van der Waals surface area contributed by atoms with E-state index in [4.69, 9.17) is 4.74 Å². The molecule has 2 heterocycles. The Balaban J connectivity index is 2.24. The first-order chi connectivity index (χ1) is 7.90. The minimum absolute atomic E-state index is 0.732. The van der Waals surface area contributed by atoms with E-state index in [9.17, 15) is 0 Å². The Labute approximate surface area is 93.5 Å². The van der Waals surface area contributed by atoms with Gasteiger partial charge in [-0.3, -0.25) is 0 Å². The highest BCUT2D eigenvalue weighted by molar-refractivity contribution is 6.49. The number of imidazole rings is 1. The molecule has 0 atom stereocenters. The molecule has 6 heteroatoms. The van der Waals surface area contributed by atoms with E-state index < -0.39 is 0 Å². The highest BCUT2D eigenvalue weighted by atomic mass is 16.5. The van der Waals surface area contributed by atoms with Crippen LogP contribution in [0.4, 0.5) is 11.4 Å². The topological polar surface area (TPSA) is 62.0 Å². The smallest absolute Gasteiger partial charge is 0.351 e. The second kappa shape index (κ2) is 3.48. The summed E-state index contributed by atoms with van der Waals surface area (Å²) >= 11 is 0. The highest BCUT2D eigenvalue weighted by Crippen LogP contribution is 2.41. The average molecular weight is 214 g/mol. The van der Waals surface area contributed by atoms with Crippen molar-refractivity contribution in [2.75, 3.05) is 17.6 Å². The van der Waals surface area contributed by atoms with Gasteiger partial charge in [0.1, 0.15) is 11.6 Å². The number of aromatic amines is 1. The second-order valence-electron chi connectivity index (χ2n) is 3.53. The first-order valence-corrected chi connectivity index (χ1v) is 5.08. The Kier molecular flexibility index (Phi) is 1.99. The number of H-pyrrole nitrogens is 1. The third-order valence-electron chi connectivity index (χ3n) is 2.67. The lowest BCUT2D eigenvalue weighted by Crippen LogP contribution is -2.06. The molecule has 0 unspecified atom stereocenters. The van der Waals surface area contributed by atoms with Crippen LogP contribution in [0, 0.1) is 0 Å². The van der Waals surface area contributed by atoms with Crippen LogP contribution in [0.25, 0.3) is 11.4 Å². The number of ether oxygens (including phenoxy) is 1. The molecule has 80 valence electrons. The average Bonchev–Trinajstić information content (AvgIpc) is 2.98. The molecular weight excluding hydrogens is 203 g/mol. The number of aromatic nitrogens is 2. The molecule has 0 spiro atoms. The number of rotatable bonds is 2. The molecule has 0 saturated carbocycles. The van der Waals surface area contributed by atoms with Crippen LogP contribution in [0.3, 0.4) is 0 Å². The zero-order chi connectivity index (χ0) is 11.0. The molecule has 1 aromatic carbocycles. The van der Waals surface area contributed by atoms with Gasteiger partial charge in [-0.25, -0.2) is 4.98 Å². The van der Waals surface area contributed by atoms with Crippen LogP contribution in [0.2, 0.25) is 0 Å². The van der Waals surface area contributed by atoms with Crippen molar-refractivity contribution in [2.45, 2.75) is 0 Å². The lowest BCUT2D eigenvalue weighted by molar-refractivity contribution is 0.416. The molecule has 2 aromatic rings. The van der Waals surface area contributed by atoms with Gasteiger partial charge in [-0.1, -0.05) is 0 Å². The van der Waals surface area contributed by atoms with E-state index in [0.29, 0.717) is 0 Å². The molecule has 3 N–H and O–H groups in total. The zero-order valence-corrected chi connectivity index (χ0v) is 8.87. The maximum atomic E-state index is 5.37. The number of benzene rings is 1. The zero-order valence-electron chi connectivity index (χ0n) is 8.87. The van der Waals surface area contributed by atoms with E-state index in [0.717, 1.165) is 36.1 Å². The number of nitrogens with zero attached hydrogens (tertiary/aromatic N) is 1. The molecule has 5 nitrogen and oxygen atoms in total. The van der Waals surface area contributed by atoms with Gasteiger partial charge in [-0.15, -0.1) is 0 Å². The van der Waals surface area contributed by atoms with E-state index in [-0.39, 0.29) is 0 Å². The fourth-order valence-electron chi connectivity index (χ4n) is 1.95. The van der Waals surface area contributed by atoms with Crippen LogP contribution in [0.1, 0.15) is 0 Å². The molecular formula is C10H11BN4O. The minimum Gasteiger partial charge on any atom is -0.496 e. The van der Waals surface area contributed by atoms with Crippen molar-refractivity contribution in [2.24, 2.45) is 0 Å². The quantitative estimate of drug-likeness (QED) is 0.657. The third-order valence-corrected chi connectivity index (χ3v) is 2.67. The van der Waals surface area contributed by atoms with Crippen LogP contribution >= 0.6 is 0 Å². The van der Waals surface area contributed by atoms with E-state index in [2.05, 4.69) is 20.4 Å². The molecule has 0 saturated heterocycles. The van der Waals surface area contributed by atoms with Crippen molar-refractivity contribution < 1.29 is 4.74 Å². The maximum Gasteiger partial charge on any atom is 0.351 e. The molecule has 16 heavy (non-hydrogen) atoms. The Hall–Kier alpha value is -2.11. The third kappa shape index (κ3) is 1.23. The van der Waals surface area contributed by atoms with E-state index in [1.54, 1.807) is 19.5 Å². The van der Waals surface area contributed by atoms with Crippen LogP contribution in [-0.2, 0) is 0 Å². The van der Waals surface area contributed by atoms with Crippen LogP contribution in [-0.4, -0.2) is 24.6 Å². The van der Waals surface area contributed by atoms with Gasteiger partial charge in [-0.2, -0.15) is 0 Å². The normalized spacial score (nSPS) is 12.3. The largest absolute Gasteiger partial charge is 0.496 e. The standard InChI is InChI=1S/C10H11BN4O/c1-16-7-3-2-6-9(15-11-14-6)8(7)10-12-4-5-13-10/h2-5,11,14-15H,1H3,(H,12,13). The number of fused-ring (bicyclic) bond motifs is 1. The van der Waals surface area contributed by atoms with Gasteiger partial charge < -0.3 is 20.2 Å². The summed E-state index contributed by atoms with van der Waals surface area (Å²) in [6.45, 7) is 0. The van der Waals surface area contributed by atoms with Crippen molar-refractivity contribution in [3.8, 4) is 17.1 Å². The van der Waals surface area contributed by atoms with Gasteiger partial charge in [-0.05, 0) is 12.1 Å². The Morgan fingerprint density at radius 3 is 3.00 bits per heavy atom. The van der Waals surface area contributed by atoms with Gasteiger partial charge in [0.25, 0.3) is 0 Å².